The van der Waals surface area contributed by atoms with E-state index in [4.69, 9.17) is 0 Å². The van der Waals surface area contributed by atoms with Gasteiger partial charge in [-0.15, -0.1) is 0 Å². The van der Waals surface area contributed by atoms with Gasteiger partial charge in [0.05, 0.1) is 12.3 Å². The second kappa shape index (κ2) is 7.45. The second-order valence-corrected chi connectivity index (χ2v) is 6.48. The Kier molecular flexibility index (Phi) is 4.70. The molecular weight excluding hydrogens is 340 g/mol. The van der Waals surface area contributed by atoms with E-state index in [1.807, 2.05) is 60.7 Å². The molecule has 0 saturated carbocycles. The zero-order valence-electron chi connectivity index (χ0n) is 14.8. The number of para-hydroxylation sites is 1. The number of nitrogens with zero attached hydrogens (tertiary/aromatic N) is 2. The van der Waals surface area contributed by atoms with Gasteiger partial charge in [-0.25, -0.2) is 4.79 Å². The average Bonchev–Trinajstić information content (AvgIpc) is 3.21. The minimum atomic E-state index is -0.440. The molecule has 0 spiro atoms. The van der Waals surface area contributed by atoms with Crippen molar-refractivity contribution in [3.63, 3.8) is 0 Å². The van der Waals surface area contributed by atoms with E-state index in [2.05, 4.69) is 15.3 Å². The molecule has 0 radical (unpaired) electrons. The van der Waals surface area contributed by atoms with Gasteiger partial charge in [0.1, 0.15) is 11.4 Å². The Morgan fingerprint density at radius 3 is 2.37 bits per heavy atom. The molecule has 0 atom stereocenters. The standard InChI is InChI=1S/C21H20N4O2/c26-20-18(17-12-7-13-22-17)19(23-16-10-5-2-6-11-16)25(21(27)24-20)14-15-8-3-1-4-9-15/h1-6,8-11,23H,7,12-14H2,(H,24,26,27). The van der Waals surface area contributed by atoms with Gasteiger partial charge in [0.25, 0.3) is 5.56 Å². The molecule has 0 amide bonds. The Bertz CT molecular complexity index is 1080. The maximum atomic E-state index is 12.7. The van der Waals surface area contributed by atoms with Crippen molar-refractivity contribution in [2.24, 2.45) is 4.99 Å². The topological polar surface area (TPSA) is 79.2 Å². The van der Waals surface area contributed by atoms with Gasteiger partial charge in [-0.05, 0) is 30.5 Å². The summed E-state index contributed by atoms with van der Waals surface area (Å²) >= 11 is 0. The number of H-pyrrole nitrogens is 1. The fraction of sp³-hybridized carbons (Fsp3) is 0.190. The molecule has 0 bridgehead atoms. The van der Waals surface area contributed by atoms with Crippen LogP contribution in [0.25, 0.3) is 0 Å². The first-order chi connectivity index (χ1) is 13.2. The Hall–Kier alpha value is -3.41. The first-order valence-electron chi connectivity index (χ1n) is 8.99. The van der Waals surface area contributed by atoms with E-state index in [1.165, 1.54) is 0 Å². The molecule has 0 saturated heterocycles. The predicted octanol–water partition coefficient (Wildman–Crippen LogP) is 2.91. The SMILES string of the molecule is O=c1[nH]c(=O)n(Cc2ccccc2)c(Nc2ccccc2)c1C1=NCCC1. The fourth-order valence-electron chi connectivity index (χ4n) is 3.29. The molecule has 0 aliphatic carbocycles. The summed E-state index contributed by atoms with van der Waals surface area (Å²) in [6.45, 7) is 1.06. The van der Waals surface area contributed by atoms with E-state index < -0.39 is 11.2 Å². The maximum absolute atomic E-state index is 12.7. The van der Waals surface area contributed by atoms with E-state index in [-0.39, 0.29) is 0 Å². The van der Waals surface area contributed by atoms with Crippen LogP contribution in [0.4, 0.5) is 11.5 Å². The van der Waals surface area contributed by atoms with Crippen LogP contribution < -0.4 is 16.6 Å². The maximum Gasteiger partial charge on any atom is 0.330 e. The molecule has 4 rings (SSSR count). The Morgan fingerprint density at radius 1 is 1.00 bits per heavy atom. The quantitative estimate of drug-likeness (QED) is 0.734. The number of nitrogens with one attached hydrogen (secondary N) is 2. The number of benzene rings is 2. The van der Waals surface area contributed by atoms with Crippen molar-refractivity contribution in [1.29, 1.82) is 0 Å². The Morgan fingerprint density at radius 2 is 1.70 bits per heavy atom. The van der Waals surface area contributed by atoms with E-state index in [0.29, 0.717) is 24.5 Å². The van der Waals surface area contributed by atoms with Crippen LogP contribution >= 0.6 is 0 Å². The highest BCUT2D eigenvalue weighted by Gasteiger charge is 2.22. The van der Waals surface area contributed by atoms with E-state index in [1.54, 1.807) is 4.57 Å². The average molecular weight is 360 g/mol. The number of anilines is 2. The molecular formula is C21H20N4O2. The lowest BCUT2D eigenvalue weighted by molar-refractivity contribution is 0.728. The highest BCUT2D eigenvalue weighted by molar-refractivity contribution is 6.05. The number of rotatable bonds is 5. The fourth-order valence-corrected chi connectivity index (χ4v) is 3.29. The Labute approximate surface area is 156 Å². The molecule has 2 heterocycles. The zero-order valence-corrected chi connectivity index (χ0v) is 14.8. The van der Waals surface area contributed by atoms with Crippen molar-refractivity contribution < 1.29 is 0 Å². The first kappa shape index (κ1) is 17.0. The van der Waals surface area contributed by atoms with E-state index in [0.717, 1.165) is 29.8 Å². The van der Waals surface area contributed by atoms with Crippen molar-refractivity contribution >= 4 is 17.2 Å². The molecule has 136 valence electrons. The van der Waals surface area contributed by atoms with Crippen LogP contribution in [0.15, 0.2) is 75.2 Å². The highest BCUT2D eigenvalue weighted by atomic mass is 16.2. The third-order valence-electron chi connectivity index (χ3n) is 4.58. The largest absolute Gasteiger partial charge is 0.341 e. The molecule has 2 N–H and O–H groups in total. The first-order valence-corrected chi connectivity index (χ1v) is 8.99. The van der Waals surface area contributed by atoms with Crippen LogP contribution in [-0.2, 0) is 6.54 Å². The molecule has 0 unspecified atom stereocenters. The minimum absolute atomic E-state index is 0.353. The van der Waals surface area contributed by atoms with Gasteiger partial charge in [-0.2, -0.15) is 0 Å². The predicted molar refractivity (Wildman–Crippen MR) is 107 cm³/mol. The third-order valence-corrected chi connectivity index (χ3v) is 4.58. The molecule has 1 aliphatic heterocycles. The lowest BCUT2D eigenvalue weighted by Gasteiger charge is -2.18. The highest BCUT2D eigenvalue weighted by Crippen LogP contribution is 2.22. The summed E-state index contributed by atoms with van der Waals surface area (Å²) in [7, 11) is 0. The van der Waals surface area contributed by atoms with Gasteiger partial charge in [0, 0.05) is 12.2 Å². The van der Waals surface area contributed by atoms with Crippen molar-refractivity contribution in [2.75, 3.05) is 11.9 Å². The zero-order chi connectivity index (χ0) is 18.6. The van der Waals surface area contributed by atoms with Crippen molar-refractivity contribution in [2.45, 2.75) is 19.4 Å². The lowest BCUT2D eigenvalue weighted by Crippen LogP contribution is -2.36. The molecule has 1 aliphatic rings. The van der Waals surface area contributed by atoms with Gasteiger partial charge >= 0.3 is 5.69 Å². The Balaban J connectivity index is 1.89. The van der Waals surface area contributed by atoms with Crippen LogP contribution in [0.5, 0.6) is 0 Å². The van der Waals surface area contributed by atoms with Gasteiger partial charge in [0.15, 0.2) is 0 Å². The van der Waals surface area contributed by atoms with Crippen LogP contribution in [0.3, 0.4) is 0 Å². The summed E-state index contributed by atoms with van der Waals surface area (Å²) in [5.41, 5.74) is 2.14. The van der Waals surface area contributed by atoms with Crippen LogP contribution in [0, 0.1) is 0 Å². The van der Waals surface area contributed by atoms with Crippen LogP contribution in [0.1, 0.15) is 24.0 Å². The normalized spacial score (nSPS) is 13.4. The summed E-state index contributed by atoms with van der Waals surface area (Å²) in [5, 5.41) is 3.28. The summed E-state index contributed by atoms with van der Waals surface area (Å²) in [5.74, 6) is 0.486. The molecule has 2 aromatic carbocycles. The summed E-state index contributed by atoms with van der Waals surface area (Å²) in [4.78, 5) is 32.3. The molecule has 3 aromatic rings. The van der Waals surface area contributed by atoms with E-state index >= 15 is 0 Å². The molecule has 6 heteroatoms. The van der Waals surface area contributed by atoms with Crippen LogP contribution in [-0.4, -0.2) is 21.8 Å². The third kappa shape index (κ3) is 3.60. The molecule has 27 heavy (non-hydrogen) atoms. The number of aromatic amines is 1. The van der Waals surface area contributed by atoms with Crippen LogP contribution in [0.2, 0.25) is 0 Å². The molecule has 6 nitrogen and oxygen atoms in total. The number of aromatic nitrogens is 2. The van der Waals surface area contributed by atoms with Gasteiger partial charge in [-0.1, -0.05) is 48.5 Å². The summed E-state index contributed by atoms with van der Waals surface area (Å²) < 4.78 is 1.57. The summed E-state index contributed by atoms with van der Waals surface area (Å²) in [6.07, 6.45) is 1.65. The molecule has 0 fully saturated rings. The monoisotopic (exact) mass is 360 g/mol. The van der Waals surface area contributed by atoms with Gasteiger partial charge in [0.2, 0.25) is 0 Å². The minimum Gasteiger partial charge on any atom is -0.341 e. The van der Waals surface area contributed by atoms with Crippen molar-refractivity contribution in [3.05, 3.63) is 92.6 Å². The number of aliphatic imine (C=N–C) groups is 1. The van der Waals surface area contributed by atoms with Gasteiger partial charge < -0.3 is 5.32 Å². The van der Waals surface area contributed by atoms with Crippen molar-refractivity contribution in [1.82, 2.24) is 9.55 Å². The lowest BCUT2D eigenvalue weighted by atomic mass is 10.1. The van der Waals surface area contributed by atoms with Gasteiger partial charge in [-0.3, -0.25) is 19.3 Å². The summed E-state index contributed by atoms with van der Waals surface area (Å²) in [6, 6.07) is 19.2. The van der Waals surface area contributed by atoms with E-state index in [9.17, 15) is 9.59 Å². The van der Waals surface area contributed by atoms with Crippen molar-refractivity contribution in [3.8, 4) is 0 Å². The smallest absolute Gasteiger partial charge is 0.330 e. The number of hydrogen-bond donors (Lipinski definition) is 2. The number of hydrogen-bond acceptors (Lipinski definition) is 4. The molecule has 1 aromatic heterocycles. The second-order valence-electron chi connectivity index (χ2n) is 6.48.